The maximum atomic E-state index is 9.16. The van der Waals surface area contributed by atoms with Crippen molar-refractivity contribution in [3.63, 3.8) is 0 Å². The summed E-state index contributed by atoms with van der Waals surface area (Å²) in [4.78, 5) is 0. The molecule has 0 saturated heterocycles. The Balaban J connectivity index is 3.03. The lowest BCUT2D eigenvalue weighted by Crippen LogP contribution is -1.92. The maximum Gasteiger partial charge on any atom is 0.120 e. The first-order valence-corrected chi connectivity index (χ1v) is 3.21. The van der Waals surface area contributed by atoms with Crippen LogP contribution in [0.15, 0.2) is 24.3 Å². The lowest BCUT2D eigenvalue weighted by Gasteiger charge is -2.05. The van der Waals surface area contributed by atoms with Crippen molar-refractivity contribution in [2.45, 2.75) is 13.0 Å². The molecule has 1 rings (SSSR count). The molecule has 0 heterocycles. The first-order valence-electron chi connectivity index (χ1n) is 3.21. The van der Waals surface area contributed by atoms with Crippen molar-refractivity contribution in [2.24, 2.45) is 0 Å². The zero-order valence-corrected chi connectivity index (χ0v) is 5.83. The normalized spacial score (nSPS) is 13.0. The maximum absolute atomic E-state index is 9.16. The number of phenols is 1. The molecule has 1 aromatic carbocycles. The highest BCUT2D eigenvalue weighted by Crippen LogP contribution is 2.21. The van der Waals surface area contributed by atoms with Gasteiger partial charge in [0, 0.05) is 11.6 Å². The number of rotatable bonds is 1. The Morgan fingerprint density at radius 3 is 2.40 bits per heavy atom. The number of phenolic OH excluding ortho intramolecular Hbond substituents is 1. The van der Waals surface area contributed by atoms with Gasteiger partial charge in [0.2, 0.25) is 0 Å². The van der Waals surface area contributed by atoms with Gasteiger partial charge in [-0.2, -0.15) is 0 Å². The molecule has 0 spiro atoms. The van der Waals surface area contributed by atoms with E-state index in [4.69, 9.17) is 10.8 Å². The van der Waals surface area contributed by atoms with Gasteiger partial charge in [0.15, 0.2) is 0 Å². The molecule has 0 bridgehead atoms. The summed E-state index contributed by atoms with van der Waals surface area (Å²) >= 11 is 0. The second-order valence-electron chi connectivity index (χ2n) is 2.28. The highest BCUT2D eigenvalue weighted by molar-refractivity contribution is 5.33. The van der Waals surface area contributed by atoms with E-state index in [1.807, 2.05) is 6.07 Å². The van der Waals surface area contributed by atoms with E-state index in [0.717, 1.165) is 0 Å². The van der Waals surface area contributed by atoms with E-state index in [1.54, 1.807) is 25.1 Å². The molecule has 0 aromatic heterocycles. The molecule has 0 aliphatic heterocycles. The van der Waals surface area contributed by atoms with Crippen molar-refractivity contribution >= 4 is 0 Å². The molecular formula is C8H10NO. The first kappa shape index (κ1) is 7.09. The molecule has 0 amide bonds. The fraction of sp³-hybridized carbons (Fsp3) is 0.250. The van der Waals surface area contributed by atoms with Gasteiger partial charge in [-0.05, 0) is 13.0 Å². The van der Waals surface area contributed by atoms with Crippen LogP contribution in [0.1, 0.15) is 18.5 Å². The molecule has 2 nitrogen and oxygen atoms in total. The van der Waals surface area contributed by atoms with Crippen molar-refractivity contribution in [3.05, 3.63) is 29.8 Å². The zero-order chi connectivity index (χ0) is 7.56. The topological polar surface area (TPSA) is 44.0 Å². The van der Waals surface area contributed by atoms with E-state index in [9.17, 15) is 0 Å². The largest absolute Gasteiger partial charge is 0.508 e. The van der Waals surface area contributed by atoms with E-state index in [0.29, 0.717) is 5.56 Å². The fourth-order valence-corrected chi connectivity index (χ4v) is 0.854. The average molecular weight is 136 g/mol. The molecule has 10 heavy (non-hydrogen) atoms. The van der Waals surface area contributed by atoms with Gasteiger partial charge in [-0.3, -0.25) is 0 Å². The zero-order valence-electron chi connectivity index (χ0n) is 5.83. The Kier molecular flexibility index (Phi) is 1.92. The van der Waals surface area contributed by atoms with E-state index < -0.39 is 0 Å². The number of nitrogens with one attached hydrogen (secondary N) is 1. The smallest absolute Gasteiger partial charge is 0.120 e. The second kappa shape index (κ2) is 2.71. The van der Waals surface area contributed by atoms with Crippen LogP contribution in [0.2, 0.25) is 0 Å². The predicted octanol–water partition coefficient (Wildman–Crippen LogP) is 1.74. The Hall–Kier alpha value is -1.02. The van der Waals surface area contributed by atoms with Gasteiger partial charge in [0.1, 0.15) is 5.75 Å². The van der Waals surface area contributed by atoms with Crippen LogP contribution in [0.5, 0.6) is 5.75 Å². The number of hydrogen-bond donors (Lipinski definition) is 1. The van der Waals surface area contributed by atoms with Crippen LogP contribution in [-0.2, 0) is 0 Å². The van der Waals surface area contributed by atoms with Crippen molar-refractivity contribution in [2.75, 3.05) is 0 Å². The quantitative estimate of drug-likeness (QED) is 0.627. The van der Waals surface area contributed by atoms with Gasteiger partial charge >= 0.3 is 0 Å². The summed E-state index contributed by atoms with van der Waals surface area (Å²) in [6.07, 6.45) is 0. The third kappa shape index (κ3) is 1.28. The lowest BCUT2D eigenvalue weighted by molar-refractivity contribution is 0.463. The molecule has 0 aliphatic rings. The molecule has 0 fully saturated rings. The summed E-state index contributed by atoms with van der Waals surface area (Å²) in [5.74, 6) is 0.213. The summed E-state index contributed by atoms with van der Waals surface area (Å²) in [5, 5.41) is 9.16. The van der Waals surface area contributed by atoms with E-state index in [1.165, 1.54) is 0 Å². The molecule has 1 unspecified atom stereocenters. The van der Waals surface area contributed by atoms with Crippen LogP contribution in [-0.4, -0.2) is 5.11 Å². The second-order valence-corrected chi connectivity index (χ2v) is 2.28. The fourth-order valence-electron chi connectivity index (χ4n) is 0.854. The van der Waals surface area contributed by atoms with E-state index in [2.05, 4.69) is 0 Å². The van der Waals surface area contributed by atoms with Crippen LogP contribution < -0.4 is 5.73 Å². The predicted molar refractivity (Wildman–Crippen MR) is 39.6 cm³/mol. The molecule has 0 saturated carbocycles. The Labute approximate surface area is 60.3 Å². The van der Waals surface area contributed by atoms with Gasteiger partial charge in [-0.25, -0.2) is 5.73 Å². The third-order valence-corrected chi connectivity index (χ3v) is 1.40. The van der Waals surface area contributed by atoms with Gasteiger partial charge in [-0.1, -0.05) is 18.2 Å². The van der Waals surface area contributed by atoms with Crippen molar-refractivity contribution < 1.29 is 5.11 Å². The number of para-hydroxylation sites is 1. The summed E-state index contributed by atoms with van der Waals surface area (Å²) in [5.41, 5.74) is 7.98. The van der Waals surface area contributed by atoms with E-state index >= 15 is 0 Å². The molecular weight excluding hydrogens is 126 g/mol. The van der Waals surface area contributed by atoms with Gasteiger partial charge in [-0.15, -0.1) is 0 Å². The lowest BCUT2D eigenvalue weighted by atomic mass is 10.1. The highest BCUT2D eigenvalue weighted by Gasteiger charge is 2.03. The van der Waals surface area contributed by atoms with Crippen LogP contribution in [0.25, 0.3) is 0 Å². The van der Waals surface area contributed by atoms with Crippen molar-refractivity contribution in [1.29, 1.82) is 0 Å². The molecule has 1 radical (unpaired) electrons. The number of hydrogen-bond acceptors (Lipinski definition) is 1. The summed E-state index contributed by atoms with van der Waals surface area (Å²) in [6, 6.07) is 6.58. The number of benzene rings is 1. The standard InChI is InChI=1S/C8H10NO/c1-6(9)7-4-2-3-5-8(7)10/h2-6,9-10H,1H3. The third-order valence-electron chi connectivity index (χ3n) is 1.40. The molecule has 0 aliphatic carbocycles. The van der Waals surface area contributed by atoms with E-state index in [-0.39, 0.29) is 11.8 Å². The number of aromatic hydroxyl groups is 1. The average Bonchev–Trinajstić information content (AvgIpc) is 1.88. The summed E-state index contributed by atoms with van der Waals surface area (Å²) in [7, 11) is 0. The van der Waals surface area contributed by atoms with Crippen LogP contribution in [0.3, 0.4) is 0 Å². The molecule has 53 valence electrons. The minimum absolute atomic E-state index is 0.213. The molecule has 1 atom stereocenters. The SMILES string of the molecule is CC([NH])c1ccccc1O. The Morgan fingerprint density at radius 2 is 2.00 bits per heavy atom. The minimum atomic E-state index is -0.346. The monoisotopic (exact) mass is 136 g/mol. The highest BCUT2D eigenvalue weighted by atomic mass is 16.3. The van der Waals surface area contributed by atoms with Crippen LogP contribution in [0, 0.1) is 0 Å². The van der Waals surface area contributed by atoms with Gasteiger partial charge in [0.25, 0.3) is 0 Å². The minimum Gasteiger partial charge on any atom is -0.508 e. The Morgan fingerprint density at radius 1 is 1.40 bits per heavy atom. The van der Waals surface area contributed by atoms with Gasteiger partial charge < -0.3 is 5.11 Å². The van der Waals surface area contributed by atoms with Crippen LogP contribution in [0.4, 0.5) is 0 Å². The summed E-state index contributed by atoms with van der Waals surface area (Å²) in [6.45, 7) is 1.73. The molecule has 2 heteroatoms. The molecule has 1 aromatic rings. The van der Waals surface area contributed by atoms with Crippen molar-refractivity contribution in [1.82, 2.24) is 5.73 Å². The van der Waals surface area contributed by atoms with Crippen molar-refractivity contribution in [3.8, 4) is 5.75 Å². The Bertz CT molecular complexity index is 220. The van der Waals surface area contributed by atoms with Gasteiger partial charge in [0.05, 0.1) is 0 Å². The molecule has 2 N–H and O–H groups in total. The van der Waals surface area contributed by atoms with Crippen LogP contribution >= 0.6 is 0 Å². The summed E-state index contributed by atoms with van der Waals surface area (Å²) < 4.78 is 0. The first-order chi connectivity index (χ1) is 4.72.